The van der Waals surface area contributed by atoms with Crippen molar-refractivity contribution in [3.8, 4) is 0 Å². The third-order valence-corrected chi connectivity index (χ3v) is 4.34. The van der Waals surface area contributed by atoms with E-state index in [1.54, 1.807) is 24.5 Å². The van der Waals surface area contributed by atoms with Gasteiger partial charge in [0.05, 0.1) is 6.42 Å². The summed E-state index contributed by atoms with van der Waals surface area (Å²) in [6, 6.07) is 5.89. The van der Waals surface area contributed by atoms with Crippen LogP contribution in [0.4, 0.5) is 10.3 Å². The van der Waals surface area contributed by atoms with E-state index in [2.05, 4.69) is 20.2 Å². The molecule has 1 aromatic carbocycles. The molecule has 126 valence electrons. The molecule has 1 saturated heterocycles. The molecule has 5 nitrogen and oxygen atoms in total. The zero-order valence-electron chi connectivity index (χ0n) is 13.1. The minimum Gasteiger partial charge on any atom is -0.351 e. The second kappa shape index (κ2) is 7.57. The summed E-state index contributed by atoms with van der Waals surface area (Å²) in [5.41, 5.74) is 0.620. The Morgan fingerprint density at radius 1 is 1.38 bits per heavy atom. The molecule has 3 rings (SSSR count). The van der Waals surface area contributed by atoms with E-state index < -0.39 is 5.82 Å². The molecule has 2 heterocycles. The molecule has 0 saturated carbocycles. The van der Waals surface area contributed by atoms with Gasteiger partial charge in [0.1, 0.15) is 5.82 Å². The van der Waals surface area contributed by atoms with Crippen LogP contribution in [0.15, 0.2) is 36.7 Å². The number of hydrogen-bond acceptors (Lipinski definition) is 4. The smallest absolute Gasteiger partial charge is 0.225 e. The zero-order chi connectivity index (χ0) is 16.9. The zero-order valence-corrected chi connectivity index (χ0v) is 13.8. The topological polar surface area (TPSA) is 58.1 Å². The van der Waals surface area contributed by atoms with Crippen LogP contribution in [-0.2, 0) is 11.2 Å². The van der Waals surface area contributed by atoms with Gasteiger partial charge in [-0.3, -0.25) is 4.79 Å². The number of aromatic nitrogens is 2. The van der Waals surface area contributed by atoms with Crippen molar-refractivity contribution in [3.05, 3.63) is 53.1 Å². The van der Waals surface area contributed by atoms with Crippen LogP contribution in [0.25, 0.3) is 0 Å². The Labute approximate surface area is 144 Å². The number of nitrogens with one attached hydrogen (secondary N) is 1. The Morgan fingerprint density at radius 3 is 2.92 bits per heavy atom. The van der Waals surface area contributed by atoms with Crippen molar-refractivity contribution in [2.75, 3.05) is 18.0 Å². The van der Waals surface area contributed by atoms with E-state index >= 15 is 0 Å². The Morgan fingerprint density at radius 2 is 2.17 bits per heavy atom. The van der Waals surface area contributed by atoms with Crippen molar-refractivity contribution in [1.29, 1.82) is 0 Å². The first-order chi connectivity index (χ1) is 11.6. The highest BCUT2D eigenvalue weighted by atomic mass is 35.5. The second-order valence-electron chi connectivity index (χ2n) is 5.81. The van der Waals surface area contributed by atoms with Gasteiger partial charge >= 0.3 is 0 Å². The normalized spacial score (nSPS) is 17.6. The van der Waals surface area contributed by atoms with Crippen LogP contribution in [0.1, 0.15) is 18.4 Å². The molecule has 1 amide bonds. The van der Waals surface area contributed by atoms with Gasteiger partial charge in [0.15, 0.2) is 0 Å². The molecule has 7 heteroatoms. The average molecular weight is 349 g/mol. The van der Waals surface area contributed by atoms with Gasteiger partial charge in [0, 0.05) is 36.5 Å². The molecule has 1 unspecified atom stereocenters. The highest BCUT2D eigenvalue weighted by Gasteiger charge is 2.23. The average Bonchev–Trinajstić information content (AvgIpc) is 2.58. The number of carbonyl (C=O) groups is 1. The molecule has 0 spiro atoms. The van der Waals surface area contributed by atoms with Crippen LogP contribution in [0.3, 0.4) is 0 Å². The molecule has 2 aromatic rings. The van der Waals surface area contributed by atoms with Crippen LogP contribution >= 0.6 is 11.6 Å². The summed E-state index contributed by atoms with van der Waals surface area (Å²) in [6.45, 7) is 1.55. The fourth-order valence-corrected chi connectivity index (χ4v) is 3.08. The van der Waals surface area contributed by atoms with Gasteiger partial charge in [-0.1, -0.05) is 17.7 Å². The van der Waals surface area contributed by atoms with Crippen molar-refractivity contribution in [2.24, 2.45) is 0 Å². The largest absolute Gasteiger partial charge is 0.351 e. The van der Waals surface area contributed by atoms with Gasteiger partial charge in [0.25, 0.3) is 0 Å². The van der Waals surface area contributed by atoms with E-state index in [0.717, 1.165) is 19.4 Å². The lowest BCUT2D eigenvalue weighted by atomic mass is 10.1. The molecular weight excluding hydrogens is 331 g/mol. The summed E-state index contributed by atoms with van der Waals surface area (Å²) >= 11 is 5.97. The molecule has 1 atom stereocenters. The first-order valence-electron chi connectivity index (χ1n) is 7.87. The minimum absolute atomic E-state index is 0.0364. The molecule has 24 heavy (non-hydrogen) atoms. The lowest BCUT2D eigenvalue weighted by molar-refractivity contribution is -0.121. The molecule has 1 aliphatic heterocycles. The summed E-state index contributed by atoms with van der Waals surface area (Å²) in [6.07, 6.45) is 5.42. The molecule has 1 aromatic heterocycles. The predicted molar refractivity (Wildman–Crippen MR) is 90.5 cm³/mol. The molecule has 0 radical (unpaired) electrons. The number of nitrogens with zero attached hydrogens (tertiary/aromatic N) is 3. The standard InChI is InChI=1S/C17H18ClFN4O/c18-15-10-13(19)5-4-12(15)9-16(24)22-14-3-1-8-23(11-14)17-20-6-2-7-21-17/h2,4-7,10,14H,1,3,8-9,11H2,(H,22,24). The van der Waals surface area contributed by atoms with Crippen LogP contribution < -0.4 is 10.2 Å². The van der Waals surface area contributed by atoms with Crippen molar-refractivity contribution < 1.29 is 9.18 Å². The Bertz CT molecular complexity index is 713. The number of benzene rings is 1. The van der Waals surface area contributed by atoms with Crippen LogP contribution in [0.5, 0.6) is 0 Å². The lowest BCUT2D eigenvalue weighted by Crippen LogP contribution is -2.48. The van der Waals surface area contributed by atoms with E-state index in [1.165, 1.54) is 12.1 Å². The maximum Gasteiger partial charge on any atom is 0.225 e. The van der Waals surface area contributed by atoms with E-state index in [9.17, 15) is 9.18 Å². The molecule has 1 N–H and O–H groups in total. The van der Waals surface area contributed by atoms with Crippen molar-refractivity contribution in [1.82, 2.24) is 15.3 Å². The van der Waals surface area contributed by atoms with Crippen LogP contribution in [-0.4, -0.2) is 35.0 Å². The third-order valence-electron chi connectivity index (χ3n) is 3.99. The molecule has 0 aliphatic carbocycles. The number of hydrogen-bond donors (Lipinski definition) is 1. The van der Waals surface area contributed by atoms with Gasteiger partial charge in [-0.25, -0.2) is 14.4 Å². The lowest BCUT2D eigenvalue weighted by Gasteiger charge is -2.33. The van der Waals surface area contributed by atoms with E-state index in [1.807, 2.05) is 0 Å². The molecular formula is C17H18ClFN4O. The quantitative estimate of drug-likeness (QED) is 0.922. The minimum atomic E-state index is -0.407. The number of piperidine rings is 1. The van der Waals surface area contributed by atoms with Crippen LogP contribution in [0, 0.1) is 5.82 Å². The number of anilines is 1. The third kappa shape index (κ3) is 4.20. The number of halogens is 2. The van der Waals surface area contributed by atoms with Crippen molar-refractivity contribution in [2.45, 2.75) is 25.3 Å². The second-order valence-corrected chi connectivity index (χ2v) is 6.22. The number of carbonyl (C=O) groups excluding carboxylic acids is 1. The summed E-state index contributed by atoms with van der Waals surface area (Å²) in [4.78, 5) is 22.8. The van der Waals surface area contributed by atoms with E-state index in [0.29, 0.717) is 18.1 Å². The SMILES string of the molecule is O=C(Cc1ccc(F)cc1Cl)NC1CCCN(c2ncccn2)C1. The highest BCUT2D eigenvalue weighted by Crippen LogP contribution is 2.19. The maximum atomic E-state index is 13.1. The van der Waals surface area contributed by atoms with Gasteiger partial charge in [0.2, 0.25) is 11.9 Å². The number of rotatable bonds is 4. The molecule has 1 fully saturated rings. The first-order valence-corrected chi connectivity index (χ1v) is 8.25. The maximum absolute atomic E-state index is 13.1. The summed E-state index contributed by atoms with van der Waals surface area (Å²) in [5.74, 6) is 0.150. The Hall–Kier alpha value is -2.21. The van der Waals surface area contributed by atoms with Crippen molar-refractivity contribution >= 4 is 23.5 Å². The fourth-order valence-electron chi connectivity index (χ4n) is 2.85. The number of amides is 1. The molecule has 1 aliphatic rings. The predicted octanol–water partition coefficient (Wildman–Crippen LogP) is 2.60. The van der Waals surface area contributed by atoms with E-state index in [4.69, 9.17) is 11.6 Å². The van der Waals surface area contributed by atoms with Gasteiger partial charge < -0.3 is 10.2 Å². The van der Waals surface area contributed by atoms with Crippen molar-refractivity contribution in [3.63, 3.8) is 0 Å². The van der Waals surface area contributed by atoms with Gasteiger partial charge in [-0.2, -0.15) is 0 Å². The first kappa shape index (κ1) is 16.6. The summed E-state index contributed by atoms with van der Waals surface area (Å²) < 4.78 is 13.1. The summed E-state index contributed by atoms with van der Waals surface area (Å²) in [5, 5.41) is 3.29. The fraction of sp³-hybridized carbons (Fsp3) is 0.353. The van der Waals surface area contributed by atoms with Crippen LogP contribution in [0.2, 0.25) is 5.02 Å². The van der Waals surface area contributed by atoms with E-state index in [-0.39, 0.29) is 23.4 Å². The Balaban J connectivity index is 1.58. The van der Waals surface area contributed by atoms with Gasteiger partial charge in [-0.15, -0.1) is 0 Å². The highest BCUT2D eigenvalue weighted by molar-refractivity contribution is 6.31. The monoisotopic (exact) mass is 348 g/mol. The summed E-state index contributed by atoms with van der Waals surface area (Å²) in [7, 11) is 0. The van der Waals surface area contributed by atoms with Gasteiger partial charge in [-0.05, 0) is 36.6 Å². The Kier molecular flexibility index (Phi) is 5.25. The molecule has 0 bridgehead atoms.